The Morgan fingerprint density at radius 2 is 1.75 bits per heavy atom. The lowest BCUT2D eigenvalue weighted by molar-refractivity contribution is -0.142. The van der Waals surface area contributed by atoms with E-state index < -0.39 is 35.5 Å². The molecule has 0 spiro atoms. The molecule has 3 heterocycles. The van der Waals surface area contributed by atoms with E-state index in [1.807, 2.05) is 0 Å². The van der Waals surface area contributed by atoms with Gasteiger partial charge in [0.25, 0.3) is 0 Å². The van der Waals surface area contributed by atoms with Crippen molar-refractivity contribution in [1.82, 2.24) is 19.9 Å². The van der Waals surface area contributed by atoms with Gasteiger partial charge in [-0.05, 0) is 67.9 Å². The Labute approximate surface area is 223 Å². The Morgan fingerprint density at radius 3 is 2.42 bits per heavy atom. The van der Waals surface area contributed by atoms with E-state index in [0.29, 0.717) is 24.8 Å². The molecule has 4 aromatic rings. The fourth-order valence-corrected chi connectivity index (χ4v) is 4.71. The summed E-state index contributed by atoms with van der Waals surface area (Å²) < 4.78 is 80.0. The highest BCUT2D eigenvalue weighted by Gasteiger charge is 2.35. The van der Waals surface area contributed by atoms with Crippen molar-refractivity contribution in [1.29, 1.82) is 0 Å². The van der Waals surface area contributed by atoms with Crippen LogP contribution in [-0.2, 0) is 23.7 Å². The van der Waals surface area contributed by atoms with E-state index in [0.717, 1.165) is 18.2 Å². The number of anilines is 2. The molecule has 0 amide bonds. The van der Waals surface area contributed by atoms with Crippen LogP contribution in [0.3, 0.4) is 0 Å². The maximum atomic E-state index is 13.7. The maximum absolute atomic E-state index is 13.7. The van der Waals surface area contributed by atoms with Gasteiger partial charge in [-0.15, -0.1) is 0 Å². The minimum Gasteiger partial charge on any atom is -0.480 e. The molecule has 13 heteroatoms. The highest BCUT2D eigenvalue weighted by Crippen LogP contribution is 2.37. The zero-order valence-electron chi connectivity index (χ0n) is 20.6. The van der Waals surface area contributed by atoms with E-state index in [9.17, 15) is 36.2 Å². The fraction of sp³-hybridized carbons (Fsp3) is 0.259. The van der Waals surface area contributed by atoms with Gasteiger partial charge in [0, 0.05) is 22.8 Å². The molecular weight excluding hydrogens is 540 g/mol. The maximum Gasteiger partial charge on any atom is 0.418 e. The molecule has 1 fully saturated rings. The highest BCUT2D eigenvalue weighted by molar-refractivity contribution is 5.93. The number of rotatable bonds is 6. The second kappa shape index (κ2) is 10.4. The quantitative estimate of drug-likeness (QED) is 0.259. The van der Waals surface area contributed by atoms with Crippen molar-refractivity contribution in [3.05, 3.63) is 77.7 Å². The summed E-state index contributed by atoms with van der Waals surface area (Å²) in [5, 5.41) is 12.9. The summed E-state index contributed by atoms with van der Waals surface area (Å²) >= 11 is 0. The first-order valence-electron chi connectivity index (χ1n) is 12.1. The van der Waals surface area contributed by atoms with Gasteiger partial charge in [-0.25, -0.2) is 9.97 Å². The van der Waals surface area contributed by atoms with Crippen molar-refractivity contribution >= 4 is 28.4 Å². The van der Waals surface area contributed by atoms with Gasteiger partial charge in [0.05, 0.1) is 28.9 Å². The Bertz CT molecular complexity index is 1560. The minimum atomic E-state index is -4.65. The summed E-state index contributed by atoms with van der Waals surface area (Å²) in [5.41, 5.74) is -1.36. The Balaban J connectivity index is 1.59. The van der Waals surface area contributed by atoms with Crippen LogP contribution in [0.15, 0.2) is 60.8 Å². The number of nitrogens with one attached hydrogen (secondary N) is 1. The van der Waals surface area contributed by atoms with Crippen molar-refractivity contribution in [2.45, 2.75) is 37.8 Å². The van der Waals surface area contributed by atoms with Crippen LogP contribution in [0.5, 0.6) is 0 Å². The summed E-state index contributed by atoms with van der Waals surface area (Å²) in [6.07, 6.45) is -6.81. The normalized spacial score (nSPS) is 16.4. The van der Waals surface area contributed by atoms with Crippen LogP contribution in [-0.4, -0.2) is 43.5 Å². The summed E-state index contributed by atoms with van der Waals surface area (Å²) in [6.45, 7) is 0.541. The SMILES string of the molecule is O=C(O)[C@@H]1CCCN1Cc1nc(Nc2ccc(C(F)(F)F)cc2)c2ccc(-c3ncccc3C(F)(F)F)cc2n1. The Hall–Kier alpha value is -4.26. The number of pyridine rings is 1. The van der Waals surface area contributed by atoms with E-state index in [2.05, 4.69) is 20.3 Å². The zero-order chi connectivity index (χ0) is 28.7. The molecule has 40 heavy (non-hydrogen) atoms. The third-order valence-corrected chi connectivity index (χ3v) is 6.60. The molecule has 2 aromatic heterocycles. The lowest BCUT2D eigenvalue weighted by Crippen LogP contribution is -2.35. The number of likely N-dealkylation sites (tertiary alicyclic amines) is 1. The molecule has 1 aliphatic heterocycles. The summed E-state index contributed by atoms with van der Waals surface area (Å²) in [7, 11) is 0. The number of hydrogen-bond donors (Lipinski definition) is 2. The number of carbonyl (C=O) groups is 1. The molecule has 0 radical (unpaired) electrons. The van der Waals surface area contributed by atoms with E-state index in [1.165, 1.54) is 42.6 Å². The number of alkyl halides is 6. The third kappa shape index (κ3) is 5.69. The first-order chi connectivity index (χ1) is 18.9. The highest BCUT2D eigenvalue weighted by atomic mass is 19.4. The molecule has 2 aromatic carbocycles. The molecule has 1 saturated heterocycles. The second-order valence-corrected chi connectivity index (χ2v) is 9.28. The van der Waals surface area contributed by atoms with Crippen LogP contribution in [0.1, 0.15) is 29.8 Å². The van der Waals surface area contributed by atoms with E-state index in [4.69, 9.17) is 0 Å². The predicted molar refractivity (Wildman–Crippen MR) is 134 cm³/mol. The van der Waals surface area contributed by atoms with E-state index >= 15 is 0 Å². The molecular formula is C27H21F6N5O2. The second-order valence-electron chi connectivity index (χ2n) is 9.28. The lowest BCUT2D eigenvalue weighted by atomic mass is 10.0. The minimum absolute atomic E-state index is 0.0518. The summed E-state index contributed by atoms with van der Waals surface area (Å²) in [6, 6.07) is 10.0. The zero-order valence-corrected chi connectivity index (χ0v) is 20.6. The molecule has 0 unspecified atom stereocenters. The number of halogens is 6. The molecule has 2 N–H and O–H groups in total. The summed E-state index contributed by atoms with van der Waals surface area (Å²) in [4.78, 5) is 26.3. The van der Waals surface area contributed by atoms with Gasteiger partial charge >= 0.3 is 18.3 Å². The molecule has 5 rings (SSSR count). The van der Waals surface area contributed by atoms with Crippen molar-refractivity contribution in [3.63, 3.8) is 0 Å². The fourth-order valence-electron chi connectivity index (χ4n) is 4.71. The number of benzene rings is 2. The first-order valence-corrected chi connectivity index (χ1v) is 12.1. The van der Waals surface area contributed by atoms with Crippen LogP contribution in [0.2, 0.25) is 0 Å². The molecule has 1 atom stereocenters. The van der Waals surface area contributed by atoms with Gasteiger partial charge in [-0.1, -0.05) is 6.07 Å². The van der Waals surface area contributed by atoms with Gasteiger partial charge in [-0.3, -0.25) is 14.7 Å². The number of fused-ring (bicyclic) bond motifs is 1. The van der Waals surface area contributed by atoms with E-state index in [1.54, 1.807) is 4.90 Å². The average Bonchev–Trinajstić information content (AvgIpc) is 3.36. The van der Waals surface area contributed by atoms with Gasteiger partial charge < -0.3 is 10.4 Å². The summed E-state index contributed by atoms with van der Waals surface area (Å²) in [5.74, 6) is -0.586. The standard InChI is InChI=1S/C27H21F6N5O2/c28-26(29,30)16-6-8-17(9-7-16)35-24-18-10-5-15(23-19(27(31,32)33)3-1-11-34-23)13-20(18)36-22(37-24)14-38-12-2-4-21(38)25(39)40/h1,3,5-11,13,21H,2,4,12,14H2,(H,39,40)(H,35,36,37)/t21-/m0/s1. The Morgan fingerprint density at radius 1 is 1.00 bits per heavy atom. The third-order valence-electron chi connectivity index (χ3n) is 6.60. The van der Waals surface area contributed by atoms with Gasteiger partial charge in [-0.2, -0.15) is 26.3 Å². The monoisotopic (exact) mass is 561 g/mol. The number of carboxylic acid groups (broad SMARTS) is 1. The molecule has 1 aliphatic rings. The molecule has 0 aliphatic carbocycles. The topological polar surface area (TPSA) is 91.2 Å². The number of aliphatic carboxylic acids is 1. The Kier molecular flexibility index (Phi) is 7.08. The van der Waals surface area contributed by atoms with Gasteiger partial charge in [0.2, 0.25) is 0 Å². The number of hydrogen-bond acceptors (Lipinski definition) is 6. The first kappa shape index (κ1) is 27.3. The molecule has 0 bridgehead atoms. The predicted octanol–water partition coefficient (Wildman–Crippen LogP) is 6.52. The largest absolute Gasteiger partial charge is 0.480 e. The molecule has 208 valence electrons. The van der Waals surface area contributed by atoms with Crippen LogP contribution >= 0.6 is 0 Å². The number of nitrogens with zero attached hydrogens (tertiary/aromatic N) is 4. The number of aromatic nitrogens is 3. The van der Waals surface area contributed by atoms with Crippen LogP contribution in [0, 0.1) is 0 Å². The van der Waals surface area contributed by atoms with Crippen molar-refractivity contribution in [2.24, 2.45) is 0 Å². The van der Waals surface area contributed by atoms with Crippen LogP contribution in [0.4, 0.5) is 37.8 Å². The molecule has 7 nitrogen and oxygen atoms in total. The smallest absolute Gasteiger partial charge is 0.418 e. The van der Waals surface area contributed by atoms with Crippen LogP contribution in [0.25, 0.3) is 22.2 Å². The van der Waals surface area contributed by atoms with Gasteiger partial charge in [0.1, 0.15) is 17.7 Å². The lowest BCUT2D eigenvalue weighted by Gasteiger charge is -2.21. The van der Waals surface area contributed by atoms with Crippen molar-refractivity contribution in [3.8, 4) is 11.3 Å². The van der Waals surface area contributed by atoms with Crippen molar-refractivity contribution < 1.29 is 36.2 Å². The van der Waals surface area contributed by atoms with E-state index in [-0.39, 0.29) is 40.6 Å². The van der Waals surface area contributed by atoms with Crippen molar-refractivity contribution in [2.75, 3.05) is 11.9 Å². The molecule has 0 saturated carbocycles. The van der Waals surface area contributed by atoms with Crippen LogP contribution < -0.4 is 5.32 Å². The number of carboxylic acids is 1. The van der Waals surface area contributed by atoms with Gasteiger partial charge in [0.15, 0.2) is 0 Å². The average molecular weight is 561 g/mol.